The highest BCUT2D eigenvalue weighted by Crippen LogP contribution is 2.39. The third-order valence-corrected chi connectivity index (χ3v) is 3.63. The summed E-state index contributed by atoms with van der Waals surface area (Å²) in [6.45, 7) is 2.91. The number of carboxylic acid groups (broad SMARTS) is 1. The van der Waals surface area contributed by atoms with Crippen molar-refractivity contribution in [2.75, 3.05) is 13.2 Å². The number of halogens is 1. The molecule has 2 rings (SSSR count). The highest BCUT2D eigenvalue weighted by Gasteiger charge is 2.21. The first-order valence-electron chi connectivity index (χ1n) is 5.89. The lowest BCUT2D eigenvalue weighted by Crippen LogP contribution is -2.13. The molecule has 1 heterocycles. The number of hydrogen-bond acceptors (Lipinski definition) is 3. The van der Waals surface area contributed by atoms with Crippen LogP contribution in [0.25, 0.3) is 0 Å². The Balaban J connectivity index is 2.35. The number of aliphatic carboxylic acids is 1. The van der Waals surface area contributed by atoms with Crippen LogP contribution in [-0.2, 0) is 11.2 Å². The molecule has 1 atom stereocenters. The minimum absolute atomic E-state index is 0.419. The molecule has 0 spiro atoms. The van der Waals surface area contributed by atoms with Gasteiger partial charge in [0.15, 0.2) is 11.5 Å². The average molecular weight is 315 g/mol. The van der Waals surface area contributed by atoms with E-state index in [2.05, 4.69) is 15.9 Å². The van der Waals surface area contributed by atoms with Crippen molar-refractivity contribution in [3.8, 4) is 11.5 Å². The molecule has 1 N–H and O–H groups in total. The fourth-order valence-corrected chi connectivity index (χ4v) is 2.33. The Morgan fingerprint density at radius 1 is 1.44 bits per heavy atom. The summed E-state index contributed by atoms with van der Waals surface area (Å²) in [6.07, 6.45) is 1.25. The molecule has 0 aliphatic carbocycles. The van der Waals surface area contributed by atoms with Gasteiger partial charge in [-0.25, -0.2) is 0 Å². The van der Waals surface area contributed by atoms with Crippen LogP contribution in [0.3, 0.4) is 0 Å². The zero-order valence-electron chi connectivity index (χ0n) is 10.1. The van der Waals surface area contributed by atoms with Gasteiger partial charge in [-0.2, -0.15) is 0 Å². The van der Waals surface area contributed by atoms with Crippen molar-refractivity contribution in [2.24, 2.45) is 5.92 Å². The molecular formula is C13H15BrO4. The summed E-state index contributed by atoms with van der Waals surface area (Å²) in [4.78, 5) is 11.0. The lowest BCUT2D eigenvalue weighted by atomic mass is 10.00. The van der Waals surface area contributed by atoms with E-state index in [1.54, 1.807) is 6.92 Å². The van der Waals surface area contributed by atoms with Crippen LogP contribution in [0.15, 0.2) is 16.6 Å². The van der Waals surface area contributed by atoms with Crippen molar-refractivity contribution in [1.29, 1.82) is 0 Å². The van der Waals surface area contributed by atoms with Gasteiger partial charge in [-0.05, 0) is 18.6 Å². The van der Waals surface area contributed by atoms with E-state index in [0.29, 0.717) is 31.1 Å². The first-order chi connectivity index (χ1) is 8.59. The number of carbonyl (C=O) groups is 1. The molecular weight excluding hydrogens is 300 g/mol. The molecule has 0 saturated carbocycles. The van der Waals surface area contributed by atoms with Gasteiger partial charge in [-0.1, -0.05) is 22.9 Å². The Hall–Kier alpha value is -1.23. The van der Waals surface area contributed by atoms with Gasteiger partial charge in [0.25, 0.3) is 0 Å². The number of ether oxygens (including phenoxy) is 2. The number of fused-ring (bicyclic) bond motifs is 1. The summed E-state index contributed by atoms with van der Waals surface area (Å²) < 4.78 is 12.1. The fourth-order valence-electron chi connectivity index (χ4n) is 1.85. The van der Waals surface area contributed by atoms with E-state index < -0.39 is 11.9 Å². The Bertz CT molecular complexity index is 459. The summed E-state index contributed by atoms with van der Waals surface area (Å²) >= 11 is 3.45. The molecule has 18 heavy (non-hydrogen) atoms. The monoisotopic (exact) mass is 314 g/mol. The van der Waals surface area contributed by atoms with Crippen LogP contribution < -0.4 is 9.47 Å². The molecule has 0 aromatic heterocycles. The van der Waals surface area contributed by atoms with Gasteiger partial charge >= 0.3 is 5.97 Å². The maximum atomic E-state index is 11.0. The third-order valence-electron chi connectivity index (χ3n) is 2.89. The highest BCUT2D eigenvalue weighted by atomic mass is 79.9. The Morgan fingerprint density at radius 2 is 2.17 bits per heavy atom. The zero-order valence-corrected chi connectivity index (χ0v) is 11.7. The van der Waals surface area contributed by atoms with Crippen LogP contribution >= 0.6 is 15.9 Å². The number of carboxylic acids is 1. The lowest BCUT2D eigenvalue weighted by Gasteiger charge is -2.15. The number of benzene rings is 1. The molecule has 0 amide bonds. The van der Waals surface area contributed by atoms with Crippen LogP contribution in [0.1, 0.15) is 18.9 Å². The van der Waals surface area contributed by atoms with Gasteiger partial charge in [-0.3, -0.25) is 4.79 Å². The Morgan fingerprint density at radius 3 is 2.89 bits per heavy atom. The smallest absolute Gasteiger partial charge is 0.306 e. The fraction of sp³-hybridized carbons (Fsp3) is 0.462. The van der Waals surface area contributed by atoms with Crippen molar-refractivity contribution >= 4 is 21.9 Å². The summed E-state index contributed by atoms with van der Waals surface area (Å²) in [5.41, 5.74) is 0.865. The predicted molar refractivity (Wildman–Crippen MR) is 70.3 cm³/mol. The average Bonchev–Trinajstić information content (AvgIpc) is 2.57. The third kappa shape index (κ3) is 2.77. The van der Waals surface area contributed by atoms with E-state index in [1.165, 1.54) is 0 Å². The maximum absolute atomic E-state index is 11.0. The molecule has 5 heteroatoms. The quantitative estimate of drug-likeness (QED) is 0.932. The summed E-state index contributed by atoms with van der Waals surface area (Å²) in [5.74, 6) is 0.104. The van der Waals surface area contributed by atoms with Gasteiger partial charge in [0.2, 0.25) is 0 Å². The van der Waals surface area contributed by atoms with E-state index in [9.17, 15) is 4.79 Å². The molecule has 0 saturated heterocycles. The molecule has 1 aromatic carbocycles. The number of rotatable bonds is 3. The Kier molecular flexibility index (Phi) is 4.11. The van der Waals surface area contributed by atoms with Gasteiger partial charge in [0, 0.05) is 16.5 Å². The van der Waals surface area contributed by atoms with E-state index >= 15 is 0 Å². The first kappa shape index (κ1) is 13.2. The van der Waals surface area contributed by atoms with E-state index in [4.69, 9.17) is 14.6 Å². The van der Waals surface area contributed by atoms with E-state index in [0.717, 1.165) is 16.5 Å². The van der Waals surface area contributed by atoms with Crippen molar-refractivity contribution < 1.29 is 19.4 Å². The molecule has 1 aliphatic rings. The standard InChI is InChI=1S/C13H15BrO4/c1-8(13(15)16)7-9-10(14)3-4-11-12(9)18-6-2-5-17-11/h3-4,8H,2,5-7H2,1H3,(H,15,16). The molecule has 0 bridgehead atoms. The van der Waals surface area contributed by atoms with Crippen molar-refractivity contribution in [2.45, 2.75) is 19.8 Å². The second-order valence-corrected chi connectivity index (χ2v) is 5.20. The lowest BCUT2D eigenvalue weighted by molar-refractivity contribution is -0.141. The topological polar surface area (TPSA) is 55.8 Å². The maximum Gasteiger partial charge on any atom is 0.306 e. The highest BCUT2D eigenvalue weighted by molar-refractivity contribution is 9.10. The Labute approximate surface area is 114 Å². The molecule has 0 radical (unpaired) electrons. The van der Waals surface area contributed by atoms with Crippen LogP contribution in [-0.4, -0.2) is 24.3 Å². The van der Waals surface area contributed by atoms with E-state index in [1.807, 2.05) is 12.1 Å². The van der Waals surface area contributed by atoms with Crippen molar-refractivity contribution in [1.82, 2.24) is 0 Å². The largest absolute Gasteiger partial charge is 0.490 e. The van der Waals surface area contributed by atoms with Crippen LogP contribution in [0.5, 0.6) is 11.5 Å². The predicted octanol–water partition coefficient (Wildman–Crippen LogP) is 2.87. The summed E-state index contributed by atoms with van der Waals surface area (Å²) in [5, 5.41) is 9.01. The SMILES string of the molecule is CC(Cc1c(Br)ccc2c1OCCCO2)C(=O)O. The van der Waals surface area contributed by atoms with Gasteiger partial charge < -0.3 is 14.6 Å². The summed E-state index contributed by atoms with van der Waals surface area (Å²) in [7, 11) is 0. The van der Waals surface area contributed by atoms with Crippen LogP contribution in [0.2, 0.25) is 0 Å². The second kappa shape index (κ2) is 5.61. The molecule has 1 aliphatic heterocycles. The van der Waals surface area contributed by atoms with Crippen LogP contribution in [0.4, 0.5) is 0 Å². The van der Waals surface area contributed by atoms with Crippen molar-refractivity contribution in [3.05, 3.63) is 22.2 Å². The van der Waals surface area contributed by atoms with E-state index in [-0.39, 0.29) is 0 Å². The second-order valence-electron chi connectivity index (χ2n) is 4.35. The van der Waals surface area contributed by atoms with Gasteiger partial charge in [0.05, 0.1) is 19.1 Å². The van der Waals surface area contributed by atoms with Gasteiger partial charge in [-0.15, -0.1) is 0 Å². The summed E-state index contributed by atoms with van der Waals surface area (Å²) in [6, 6.07) is 3.72. The van der Waals surface area contributed by atoms with Crippen LogP contribution in [0, 0.1) is 5.92 Å². The molecule has 1 aromatic rings. The minimum Gasteiger partial charge on any atom is -0.490 e. The normalized spacial score (nSPS) is 15.9. The molecule has 4 nitrogen and oxygen atoms in total. The first-order valence-corrected chi connectivity index (χ1v) is 6.68. The molecule has 98 valence electrons. The minimum atomic E-state index is -0.811. The number of hydrogen-bond donors (Lipinski definition) is 1. The van der Waals surface area contributed by atoms with Crippen molar-refractivity contribution in [3.63, 3.8) is 0 Å². The molecule has 1 unspecified atom stereocenters. The van der Waals surface area contributed by atoms with Gasteiger partial charge in [0.1, 0.15) is 0 Å². The zero-order chi connectivity index (χ0) is 13.1. The molecule has 0 fully saturated rings.